The van der Waals surface area contributed by atoms with E-state index in [0.29, 0.717) is 10.9 Å². The summed E-state index contributed by atoms with van der Waals surface area (Å²) in [6, 6.07) is 7.18. The molecule has 2 N–H and O–H groups in total. The number of hydrogen-bond acceptors (Lipinski definition) is 3. The summed E-state index contributed by atoms with van der Waals surface area (Å²) in [6.45, 7) is 0. The Balaban J connectivity index is 2.34. The zero-order valence-corrected chi connectivity index (χ0v) is 10.2. The molecule has 5 nitrogen and oxygen atoms in total. The van der Waals surface area contributed by atoms with Crippen LogP contribution in [0.15, 0.2) is 48.2 Å². The van der Waals surface area contributed by atoms with Gasteiger partial charge in [-0.3, -0.25) is 9.59 Å². The van der Waals surface area contributed by atoms with E-state index in [1.807, 2.05) is 12.1 Å². The van der Waals surface area contributed by atoms with Crippen molar-refractivity contribution < 1.29 is 19.5 Å². The van der Waals surface area contributed by atoms with Gasteiger partial charge in [-0.25, -0.2) is 4.79 Å². The monoisotopic (exact) mass is 267 g/mol. The van der Waals surface area contributed by atoms with E-state index in [1.54, 1.807) is 18.3 Å². The van der Waals surface area contributed by atoms with E-state index in [4.69, 9.17) is 0 Å². The number of rotatable bonds is 2. The van der Waals surface area contributed by atoms with E-state index in [9.17, 15) is 19.5 Å². The standard InChI is InChI=1S/C15H9NO4/c17-11-5-6-12(18)14(15(19)20)13(11)9-7-16-10-4-2-1-3-8(9)10/h1-7,16H,(H,19,20). The molecule has 0 aliphatic heterocycles. The van der Waals surface area contributed by atoms with Crippen LogP contribution in [-0.4, -0.2) is 27.6 Å². The molecular weight excluding hydrogens is 258 g/mol. The average Bonchev–Trinajstić information content (AvgIpc) is 2.84. The third-order valence-electron chi connectivity index (χ3n) is 3.20. The Morgan fingerprint density at radius 2 is 1.75 bits per heavy atom. The van der Waals surface area contributed by atoms with Crippen molar-refractivity contribution in [2.24, 2.45) is 0 Å². The van der Waals surface area contributed by atoms with Gasteiger partial charge in [0, 0.05) is 28.2 Å². The number of carboxylic acid groups (broad SMARTS) is 1. The van der Waals surface area contributed by atoms with Crippen LogP contribution in [0.4, 0.5) is 0 Å². The van der Waals surface area contributed by atoms with E-state index < -0.39 is 23.1 Å². The fourth-order valence-electron chi connectivity index (χ4n) is 2.32. The predicted molar refractivity (Wildman–Crippen MR) is 72.0 cm³/mol. The van der Waals surface area contributed by atoms with E-state index in [-0.39, 0.29) is 5.57 Å². The summed E-state index contributed by atoms with van der Waals surface area (Å²) in [5, 5.41) is 9.90. The highest BCUT2D eigenvalue weighted by molar-refractivity contribution is 6.43. The Labute approximate surface area is 113 Å². The molecule has 98 valence electrons. The fourth-order valence-corrected chi connectivity index (χ4v) is 2.32. The Kier molecular flexibility index (Phi) is 2.61. The molecule has 0 bridgehead atoms. The van der Waals surface area contributed by atoms with Gasteiger partial charge in [-0.15, -0.1) is 0 Å². The van der Waals surface area contributed by atoms with Crippen molar-refractivity contribution >= 4 is 34.0 Å². The van der Waals surface area contributed by atoms with Crippen LogP contribution < -0.4 is 0 Å². The average molecular weight is 267 g/mol. The Bertz CT molecular complexity index is 823. The first-order valence-corrected chi connectivity index (χ1v) is 5.90. The number of carboxylic acids is 1. The number of carbonyl (C=O) groups is 3. The lowest BCUT2D eigenvalue weighted by Crippen LogP contribution is -2.19. The second-order valence-corrected chi connectivity index (χ2v) is 4.36. The molecule has 1 aromatic heterocycles. The SMILES string of the molecule is O=C(O)C1=C(c2c[nH]c3ccccc23)C(=O)C=CC1=O. The molecule has 0 radical (unpaired) electrons. The number of aliphatic carboxylic acids is 1. The molecule has 1 aliphatic carbocycles. The number of allylic oxidation sites excluding steroid dienone is 3. The lowest BCUT2D eigenvalue weighted by Gasteiger charge is -2.11. The first-order chi connectivity index (χ1) is 9.59. The Hall–Kier alpha value is -2.95. The minimum Gasteiger partial charge on any atom is -0.478 e. The van der Waals surface area contributed by atoms with Gasteiger partial charge in [-0.05, 0) is 18.2 Å². The number of carbonyl (C=O) groups excluding carboxylic acids is 2. The highest BCUT2D eigenvalue weighted by Gasteiger charge is 2.30. The molecule has 0 atom stereocenters. The highest BCUT2D eigenvalue weighted by Crippen LogP contribution is 2.30. The number of H-pyrrole nitrogens is 1. The van der Waals surface area contributed by atoms with Gasteiger partial charge < -0.3 is 10.1 Å². The first kappa shape index (κ1) is 12.1. The minimum absolute atomic E-state index is 0.0672. The maximum absolute atomic E-state index is 12.0. The smallest absolute Gasteiger partial charge is 0.340 e. The van der Waals surface area contributed by atoms with Crippen molar-refractivity contribution in [3.63, 3.8) is 0 Å². The first-order valence-electron chi connectivity index (χ1n) is 5.90. The molecule has 0 amide bonds. The molecule has 0 fully saturated rings. The number of hydrogen-bond donors (Lipinski definition) is 2. The van der Waals surface area contributed by atoms with Gasteiger partial charge in [0.2, 0.25) is 0 Å². The zero-order chi connectivity index (χ0) is 14.3. The zero-order valence-electron chi connectivity index (χ0n) is 10.2. The van der Waals surface area contributed by atoms with Gasteiger partial charge in [0.05, 0.1) is 0 Å². The lowest BCUT2D eigenvalue weighted by atomic mass is 9.89. The van der Waals surface area contributed by atoms with Crippen LogP contribution >= 0.6 is 0 Å². The largest absolute Gasteiger partial charge is 0.478 e. The minimum atomic E-state index is -1.40. The molecule has 1 aromatic carbocycles. The summed E-state index contributed by atoms with van der Waals surface area (Å²) in [7, 11) is 0. The maximum Gasteiger partial charge on any atom is 0.340 e. The van der Waals surface area contributed by atoms with Crippen LogP contribution in [-0.2, 0) is 14.4 Å². The molecule has 3 rings (SSSR count). The topological polar surface area (TPSA) is 87.2 Å². The molecule has 0 saturated carbocycles. The molecule has 20 heavy (non-hydrogen) atoms. The second kappa shape index (κ2) is 4.31. The van der Waals surface area contributed by atoms with Gasteiger partial charge in [0.1, 0.15) is 5.57 Å². The van der Waals surface area contributed by atoms with Crippen LogP contribution in [0, 0.1) is 0 Å². The third-order valence-corrected chi connectivity index (χ3v) is 3.20. The van der Waals surface area contributed by atoms with Gasteiger partial charge in [0.15, 0.2) is 11.6 Å². The van der Waals surface area contributed by atoms with Gasteiger partial charge in [0.25, 0.3) is 0 Å². The normalized spacial score (nSPS) is 15.2. The van der Waals surface area contributed by atoms with E-state index in [1.165, 1.54) is 0 Å². The summed E-state index contributed by atoms with van der Waals surface area (Å²) in [5.74, 6) is -2.54. The molecule has 0 saturated heterocycles. The number of aromatic amines is 1. The predicted octanol–water partition coefficient (Wildman–Crippen LogP) is 1.71. The van der Waals surface area contributed by atoms with Crippen LogP contribution in [0.25, 0.3) is 16.5 Å². The van der Waals surface area contributed by atoms with Crippen LogP contribution in [0.1, 0.15) is 5.56 Å². The van der Waals surface area contributed by atoms with Gasteiger partial charge in [-0.2, -0.15) is 0 Å². The summed E-state index contributed by atoms with van der Waals surface area (Å²) in [6.07, 6.45) is 3.64. The van der Waals surface area contributed by atoms with E-state index >= 15 is 0 Å². The molecule has 1 heterocycles. The Morgan fingerprint density at radius 3 is 2.50 bits per heavy atom. The van der Waals surface area contributed by atoms with Crippen LogP contribution in [0.3, 0.4) is 0 Å². The van der Waals surface area contributed by atoms with Crippen molar-refractivity contribution in [3.8, 4) is 0 Å². The number of nitrogens with one attached hydrogen (secondary N) is 1. The maximum atomic E-state index is 12.0. The summed E-state index contributed by atoms with van der Waals surface area (Å²) < 4.78 is 0. The summed E-state index contributed by atoms with van der Waals surface area (Å²) in [5.41, 5.74) is 0.653. The van der Waals surface area contributed by atoms with Crippen molar-refractivity contribution in [2.75, 3.05) is 0 Å². The number of ketones is 2. The van der Waals surface area contributed by atoms with Crippen molar-refractivity contribution in [2.45, 2.75) is 0 Å². The number of para-hydroxylation sites is 1. The third kappa shape index (κ3) is 1.68. The molecule has 2 aromatic rings. The van der Waals surface area contributed by atoms with Crippen molar-refractivity contribution in [3.05, 3.63) is 53.8 Å². The van der Waals surface area contributed by atoms with Crippen molar-refractivity contribution in [1.29, 1.82) is 0 Å². The molecule has 5 heteroatoms. The van der Waals surface area contributed by atoms with Crippen molar-refractivity contribution in [1.82, 2.24) is 4.98 Å². The second-order valence-electron chi connectivity index (χ2n) is 4.36. The highest BCUT2D eigenvalue weighted by atomic mass is 16.4. The fraction of sp³-hybridized carbons (Fsp3) is 0. The summed E-state index contributed by atoms with van der Waals surface area (Å²) in [4.78, 5) is 38.0. The lowest BCUT2D eigenvalue weighted by molar-refractivity contribution is -0.134. The Morgan fingerprint density at radius 1 is 1.05 bits per heavy atom. The van der Waals surface area contributed by atoms with E-state index in [0.717, 1.165) is 17.7 Å². The van der Waals surface area contributed by atoms with Gasteiger partial charge >= 0.3 is 5.97 Å². The molecule has 1 aliphatic rings. The number of fused-ring (bicyclic) bond motifs is 1. The van der Waals surface area contributed by atoms with E-state index in [2.05, 4.69) is 4.98 Å². The summed E-state index contributed by atoms with van der Waals surface area (Å²) >= 11 is 0. The van der Waals surface area contributed by atoms with Crippen LogP contribution in [0.5, 0.6) is 0 Å². The molecule has 0 unspecified atom stereocenters. The van der Waals surface area contributed by atoms with Gasteiger partial charge in [-0.1, -0.05) is 18.2 Å². The quantitative estimate of drug-likeness (QED) is 0.640. The molecular formula is C15H9NO4. The molecule has 0 spiro atoms. The number of benzene rings is 1. The van der Waals surface area contributed by atoms with Crippen LogP contribution in [0.2, 0.25) is 0 Å². The number of aromatic nitrogens is 1.